The van der Waals surface area contributed by atoms with E-state index in [0.29, 0.717) is 16.9 Å². The van der Waals surface area contributed by atoms with Gasteiger partial charge in [0.2, 0.25) is 0 Å². The lowest BCUT2D eigenvalue weighted by Gasteiger charge is -2.43. The van der Waals surface area contributed by atoms with E-state index in [-0.39, 0.29) is 0 Å². The summed E-state index contributed by atoms with van der Waals surface area (Å²) in [5.41, 5.74) is 1.96. The van der Waals surface area contributed by atoms with E-state index in [1.54, 1.807) is 6.20 Å². The number of hydrogen-bond acceptors (Lipinski definition) is 3. The van der Waals surface area contributed by atoms with Gasteiger partial charge in [0.15, 0.2) is 0 Å². The smallest absolute Gasteiger partial charge is 0.149 e. The number of aromatic nitrogens is 2. The average Bonchev–Trinajstić information content (AvgIpc) is 2.76. The van der Waals surface area contributed by atoms with E-state index in [0.717, 1.165) is 11.7 Å². The summed E-state index contributed by atoms with van der Waals surface area (Å²) in [6.45, 7) is 9.31. The van der Waals surface area contributed by atoms with Crippen molar-refractivity contribution in [2.45, 2.75) is 53.0 Å². The predicted molar refractivity (Wildman–Crippen MR) is 73.4 cm³/mol. The molecule has 3 nitrogen and oxygen atoms in total. The molecule has 98 valence electrons. The van der Waals surface area contributed by atoms with Crippen molar-refractivity contribution in [1.29, 1.82) is 0 Å². The van der Waals surface area contributed by atoms with E-state index in [2.05, 4.69) is 49.3 Å². The van der Waals surface area contributed by atoms with Crippen LogP contribution in [0.15, 0.2) is 12.3 Å². The zero-order valence-electron chi connectivity index (χ0n) is 11.8. The summed E-state index contributed by atoms with van der Waals surface area (Å²) in [4.78, 5) is 0. The first-order valence-corrected chi connectivity index (χ1v) is 6.98. The fourth-order valence-electron chi connectivity index (χ4n) is 4.34. The molecule has 1 heterocycles. The fraction of sp³-hybridized carbons (Fsp3) is 0.733. The van der Waals surface area contributed by atoms with Gasteiger partial charge in [-0.1, -0.05) is 20.8 Å². The van der Waals surface area contributed by atoms with Crippen molar-refractivity contribution in [2.24, 2.45) is 16.7 Å². The lowest BCUT2D eigenvalue weighted by Crippen LogP contribution is -2.46. The van der Waals surface area contributed by atoms with E-state index in [9.17, 15) is 0 Å². The summed E-state index contributed by atoms with van der Waals surface area (Å²) in [5, 5.41) is 11.9. The van der Waals surface area contributed by atoms with Crippen molar-refractivity contribution < 1.29 is 0 Å². The van der Waals surface area contributed by atoms with Crippen LogP contribution in [0, 0.1) is 23.7 Å². The zero-order chi connectivity index (χ0) is 13.0. The SMILES string of the molecule is Cc1cnnc(NC2C3(C)CCC(C3)C2(C)C)c1. The first kappa shape index (κ1) is 11.9. The Morgan fingerprint density at radius 3 is 2.72 bits per heavy atom. The highest BCUT2D eigenvalue weighted by Gasteiger charge is 2.59. The maximum Gasteiger partial charge on any atom is 0.149 e. The lowest BCUT2D eigenvalue weighted by atomic mass is 9.68. The summed E-state index contributed by atoms with van der Waals surface area (Å²) in [6, 6.07) is 2.61. The number of fused-ring (bicyclic) bond motifs is 2. The Bertz CT molecular complexity index is 464. The number of hydrogen-bond donors (Lipinski definition) is 1. The van der Waals surface area contributed by atoms with Crippen LogP contribution in [0.5, 0.6) is 0 Å². The van der Waals surface area contributed by atoms with E-state index in [1.165, 1.54) is 24.8 Å². The Morgan fingerprint density at radius 1 is 1.33 bits per heavy atom. The van der Waals surface area contributed by atoms with Gasteiger partial charge >= 0.3 is 0 Å². The molecule has 2 bridgehead atoms. The summed E-state index contributed by atoms with van der Waals surface area (Å²) in [7, 11) is 0. The quantitative estimate of drug-likeness (QED) is 0.867. The van der Waals surface area contributed by atoms with Gasteiger partial charge < -0.3 is 5.32 Å². The van der Waals surface area contributed by atoms with Crippen molar-refractivity contribution in [1.82, 2.24) is 10.2 Å². The van der Waals surface area contributed by atoms with Crippen LogP contribution in [0.1, 0.15) is 45.6 Å². The molecule has 1 N–H and O–H groups in total. The van der Waals surface area contributed by atoms with Gasteiger partial charge in [-0.2, -0.15) is 5.10 Å². The van der Waals surface area contributed by atoms with Crippen molar-refractivity contribution in [3.05, 3.63) is 17.8 Å². The minimum absolute atomic E-state index is 0.360. The third kappa shape index (κ3) is 1.63. The van der Waals surface area contributed by atoms with Crippen LogP contribution in [-0.4, -0.2) is 16.2 Å². The van der Waals surface area contributed by atoms with Crippen LogP contribution in [0.3, 0.4) is 0 Å². The van der Waals surface area contributed by atoms with Gasteiger partial charge in [-0.05, 0) is 54.6 Å². The molecule has 3 unspecified atom stereocenters. The Morgan fingerprint density at radius 2 is 2.11 bits per heavy atom. The second-order valence-corrected chi connectivity index (χ2v) is 7.11. The molecule has 0 radical (unpaired) electrons. The van der Waals surface area contributed by atoms with Crippen LogP contribution < -0.4 is 5.32 Å². The zero-order valence-corrected chi connectivity index (χ0v) is 11.8. The van der Waals surface area contributed by atoms with Gasteiger partial charge in [-0.15, -0.1) is 5.10 Å². The molecule has 0 amide bonds. The van der Waals surface area contributed by atoms with Crippen LogP contribution in [0.25, 0.3) is 0 Å². The van der Waals surface area contributed by atoms with Crippen LogP contribution >= 0.6 is 0 Å². The van der Waals surface area contributed by atoms with Gasteiger partial charge in [0, 0.05) is 6.04 Å². The number of rotatable bonds is 2. The number of nitrogens with zero attached hydrogens (tertiary/aromatic N) is 2. The number of aryl methyl sites for hydroxylation is 1. The van der Waals surface area contributed by atoms with Crippen LogP contribution in [-0.2, 0) is 0 Å². The number of anilines is 1. The van der Waals surface area contributed by atoms with Gasteiger partial charge in [-0.25, -0.2) is 0 Å². The van der Waals surface area contributed by atoms with E-state index in [4.69, 9.17) is 0 Å². The van der Waals surface area contributed by atoms with Gasteiger partial charge in [-0.3, -0.25) is 0 Å². The van der Waals surface area contributed by atoms with Gasteiger partial charge in [0.25, 0.3) is 0 Å². The Hall–Kier alpha value is -1.12. The first-order valence-electron chi connectivity index (χ1n) is 6.98. The summed E-state index contributed by atoms with van der Waals surface area (Å²) in [6.07, 6.45) is 5.90. The molecular formula is C15H23N3. The second-order valence-electron chi connectivity index (χ2n) is 7.11. The van der Waals surface area contributed by atoms with E-state index in [1.807, 2.05) is 0 Å². The topological polar surface area (TPSA) is 37.8 Å². The normalized spacial score (nSPS) is 36.9. The van der Waals surface area contributed by atoms with E-state index < -0.39 is 0 Å². The van der Waals surface area contributed by atoms with Gasteiger partial charge in [0.05, 0.1) is 6.20 Å². The van der Waals surface area contributed by atoms with Gasteiger partial charge in [0.1, 0.15) is 5.82 Å². The molecule has 3 heteroatoms. The van der Waals surface area contributed by atoms with Crippen molar-refractivity contribution in [3.63, 3.8) is 0 Å². The minimum atomic E-state index is 0.360. The Balaban J connectivity index is 1.88. The van der Waals surface area contributed by atoms with E-state index >= 15 is 0 Å². The molecule has 18 heavy (non-hydrogen) atoms. The second kappa shape index (κ2) is 3.69. The highest BCUT2D eigenvalue weighted by molar-refractivity contribution is 5.39. The molecule has 2 aliphatic rings. The standard InChI is InChI=1S/C15H23N3/c1-10-7-12(18-16-9-10)17-13-14(2,3)11-5-6-15(13,4)8-11/h7,9,11,13H,5-6,8H2,1-4H3,(H,17,18). The largest absolute Gasteiger partial charge is 0.365 e. The molecule has 0 aliphatic heterocycles. The summed E-state index contributed by atoms with van der Waals surface area (Å²) in [5.74, 6) is 1.79. The Labute approximate surface area is 109 Å². The molecule has 0 saturated heterocycles. The highest BCUT2D eigenvalue weighted by Crippen LogP contribution is 2.62. The first-order chi connectivity index (χ1) is 8.42. The molecule has 2 fully saturated rings. The lowest BCUT2D eigenvalue weighted by molar-refractivity contribution is 0.155. The monoisotopic (exact) mass is 245 g/mol. The average molecular weight is 245 g/mol. The van der Waals surface area contributed by atoms with Crippen molar-refractivity contribution in [2.75, 3.05) is 5.32 Å². The molecule has 1 aromatic heterocycles. The Kier molecular flexibility index (Phi) is 2.45. The highest BCUT2D eigenvalue weighted by atomic mass is 15.2. The summed E-state index contributed by atoms with van der Waals surface area (Å²) < 4.78 is 0. The predicted octanol–water partition coefficient (Wildman–Crippen LogP) is 3.41. The molecule has 0 spiro atoms. The van der Waals surface area contributed by atoms with Crippen molar-refractivity contribution in [3.8, 4) is 0 Å². The number of nitrogens with one attached hydrogen (secondary N) is 1. The fourth-order valence-corrected chi connectivity index (χ4v) is 4.34. The third-order valence-electron chi connectivity index (χ3n) is 5.35. The van der Waals surface area contributed by atoms with Crippen molar-refractivity contribution >= 4 is 5.82 Å². The molecular weight excluding hydrogens is 222 g/mol. The maximum atomic E-state index is 4.22. The molecule has 2 aliphatic carbocycles. The minimum Gasteiger partial charge on any atom is -0.365 e. The van der Waals surface area contributed by atoms with Crippen LogP contribution in [0.4, 0.5) is 5.82 Å². The molecule has 3 atom stereocenters. The maximum absolute atomic E-state index is 4.22. The molecule has 0 aromatic carbocycles. The third-order valence-corrected chi connectivity index (χ3v) is 5.35. The molecule has 1 aromatic rings. The summed E-state index contributed by atoms with van der Waals surface area (Å²) >= 11 is 0. The molecule has 2 saturated carbocycles. The molecule has 3 rings (SSSR count). The van der Waals surface area contributed by atoms with Crippen LogP contribution in [0.2, 0.25) is 0 Å².